The molecule has 3 heterocycles. The molecule has 0 radical (unpaired) electrons. The van der Waals surface area contributed by atoms with Gasteiger partial charge in [0, 0.05) is 30.0 Å². The molecule has 0 saturated carbocycles. The molecule has 0 bridgehead atoms. The Hall–Kier alpha value is -2.67. The van der Waals surface area contributed by atoms with Crippen molar-refractivity contribution in [2.75, 3.05) is 32.8 Å². The van der Waals surface area contributed by atoms with Crippen molar-refractivity contribution in [2.24, 2.45) is 0 Å². The molecule has 1 aromatic heterocycles. The van der Waals surface area contributed by atoms with Crippen molar-refractivity contribution < 1.29 is 32.6 Å². The van der Waals surface area contributed by atoms with Gasteiger partial charge in [0.05, 0.1) is 18.7 Å². The first-order valence-electron chi connectivity index (χ1n) is 10.3. The van der Waals surface area contributed by atoms with Gasteiger partial charge in [-0.25, -0.2) is 17.8 Å². The van der Waals surface area contributed by atoms with Crippen LogP contribution in [0.5, 0.6) is 0 Å². The predicted molar refractivity (Wildman–Crippen MR) is 118 cm³/mol. The first-order valence-corrected chi connectivity index (χ1v) is 12.2. The quantitative estimate of drug-likeness (QED) is 0.625. The monoisotopic (exact) mass is 498 g/mol. The van der Waals surface area contributed by atoms with E-state index in [4.69, 9.17) is 16.3 Å². The maximum atomic E-state index is 13.1. The van der Waals surface area contributed by atoms with Crippen LogP contribution in [0.25, 0.3) is 10.9 Å². The lowest BCUT2D eigenvalue weighted by atomic mass is 10.2. The molecule has 11 nitrogen and oxygen atoms in total. The fraction of sp³-hybridized carbons (Fsp3) is 0.450. The highest BCUT2D eigenvalue weighted by Crippen LogP contribution is 2.27. The standard InChI is InChI=1S/C20H23ClN4O7S/c1-12(18(26)23-6-8-32-9-7-23)24-5-4-15(19(24)27)22-33(30,31)17-11-13-10-14(21)2-3-16(13)25(17)20(28)29/h2-3,10-12,15,22H,4-9H2,1H3,(H,28,29)/t12-,15-/m0/s1. The summed E-state index contributed by atoms with van der Waals surface area (Å²) in [5, 5.41) is 9.74. The molecule has 2 aliphatic rings. The van der Waals surface area contributed by atoms with E-state index < -0.39 is 39.1 Å². The highest BCUT2D eigenvalue weighted by atomic mass is 35.5. The second-order valence-electron chi connectivity index (χ2n) is 7.91. The molecule has 2 aromatic rings. The molecule has 33 heavy (non-hydrogen) atoms. The van der Waals surface area contributed by atoms with Crippen LogP contribution in [0, 0.1) is 0 Å². The molecular formula is C20H23ClN4O7S. The Balaban J connectivity index is 1.54. The number of nitrogens with zero attached hydrogens (tertiary/aromatic N) is 3. The molecule has 2 amide bonds. The summed E-state index contributed by atoms with van der Waals surface area (Å²) in [6.07, 6.45) is -1.34. The van der Waals surface area contributed by atoms with Gasteiger partial charge >= 0.3 is 6.09 Å². The van der Waals surface area contributed by atoms with Gasteiger partial charge in [0.25, 0.3) is 10.0 Å². The van der Waals surface area contributed by atoms with Gasteiger partial charge in [-0.05, 0) is 37.6 Å². The Labute approximate surface area is 194 Å². The third-order valence-electron chi connectivity index (χ3n) is 5.88. The van der Waals surface area contributed by atoms with Crippen LogP contribution in [0.3, 0.4) is 0 Å². The van der Waals surface area contributed by atoms with Crippen molar-refractivity contribution in [3.05, 3.63) is 29.3 Å². The summed E-state index contributed by atoms with van der Waals surface area (Å²) in [5.41, 5.74) is 0.149. The second kappa shape index (κ2) is 8.93. The predicted octanol–water partition coefficient (Wildman–Crippen LogP) is 0.947. The van der Waals surface area contributed by atoms with E-state index in [1.165, 1.54) is 29.2 Å². The maximum Gasteiger partial charge on any atom is 0.417 e. The molecule has 0 spiro atoms. The third kappa shape index (κ3) is 4.43. The molecule has 0 aliphatic carbocycles. The number of benzene rings is 1. The minimum absolute atomic E-state index is 0.149. The van der Waals surface area contributed by atoms with Gasteiger partial charge in [0.1, 0.15) is 12.1 Å². The number of sulfonamides is 1. The molecule has 4 rings (SSSR count). The number of likely N-dealkylation sites (tertiary alicyclic amines) is 1. The van der Waals surface area contributed by atoms with Gasteiger partial charge < -0.3 is 19.6 Å². The normalized spacial score (nSPS) is 20.4. The Kier molecular flexibility index (Phi) is 6.36. The van der Waals surface area contributed by atoms with E-state index >= 15 is 0 Å². The van der Waals surface area contributed by atoms with Crippen LogP contribution in [0.4, 0.5) is 4.79 Å². The van der Waals surface area contributed by atoms with Gasteiger partial charge in [-0.1, -0.05) is 11.6 Å². The summed E-state index contributed by atoms with van der Waals surface area (Å²) in [7, 11) is -4.39. The van der Waals surface area contributed by atoms with E-state index in [2.05, 4.69) is 4.72 Å². The Morgan fingerprint density at radius 3 is 2.58 bits per heavy atom. The first-order chi connectivity index (χ1) is 15.6. The van der Waals surface area contributed by atoms with E-state index in [-0.39, 0.29) is 24.4 Å². The number of amides is 2. The number of morpholine rings is 1. The zero-order valence-electron chi connectivity index (χ0n) is 17.7. The van der Waals surface area contributed by atoms with Gasteiger partial charge in [0.2, 0.25) is 11.8 Å². The van der Waals surface area contributed by atoms with Crippen LogP contribution >= 0.6 is 11.6 Å². The number of ether oxygens (including phenoxy) is 1. The van der Waals surface area contributed by atoms with Gasteiger partial charge in [0.15, 0.2) is 5.03 Å². The van der Waals surface area contributed by atoms with Gasteiger partial charge in [-0.3, -0.25) is 9.59 Å². The fourth-order valence-corrected chi connectivity index (χ4v) is 5.77. The molecule has 2 fully saturated rings. The summed E-state index contributed by atoms with van der Waals surface area (Å²) < 4.78 is 34.4. The van der Waals surface area contributed by atoms with Crippen LogP contribution in [-0.2, 0) is 24.3 Å². The van der Waals surface area contributed by atoms with Gasteiger partial charge in [-0.2, -0.15) is 4.72 Å². The Bertz CT molecular complexity index is 1220. The largest absolute Gasteiger partial charge is 0.464 e. The lowest BCUT2D eigenvalue weighted by Crippen LogP contribution is -2.52. The SMILES string of the molecule is C[C@@H](C(=O)N1CCOCC1)N1CC[C@H](NS(=O)(=O)c2cc3cc(Cl)ccc3n2C(=O)O)C1=O. The smallest absolute Gasteiger partial charge is 0.417 e. The van der Waals surface area contributed by atoms with Crippen molar-refractivity contribution in [2.45, 2.75) is 30.5 Å². The fourth-order valence-electron chi connectivity index (χ4n) is 4.18. The highest BCUT2D eigenvalue weighted by Gasteiger charge is 2.41. The van der Waals surface area contributed by atoms with Crippen LogP contribution in [0.1, 0.15) is 13.3 Å². The average molecular weight is 499 g/mol. The van der Waals surface area contributed by atoms with E-state index in [0.29, 0.717) is 41.3 Å². The summed E-state index contributed by atoms with van der Waals surface area (Å²) in [6.45, 7) is 3.53. The lowest BCUT2D eigenvalue weighted by Gasteiger charge is -2.32. The van der Waals surface area contributed by atoms with E-state index in [0.717, 1.165) is 0 Å². The molecule has 2 saturated heterocycles. The van der Waals surface area contributed by atoms with Gasteiger partial charge in [-0.15, -0.1) is 0 Å². The van der Waals surface area contributed by atoms with Crippen molar-refractivity contribution >= 4 is 50.4 Å². The minimum atomic E-state index is -4.39. The van der Waals surface area contributed by atoms with Crippen molar-refractivity contribution in [3.63, 3.8) is 0 Å². The lowest BCUT2D eigenvalue weighted by molar-refractivity contribution is -0.146. The number of rotatable bonds is 5. The third-order valence-corrected chi connectivity index (χ3v) is 7.56. The van der Waals surface area contributed by atoms with Crippen LogP contribution in [0.15, 0.2) is 29.3 Å². The maximum absolute atomic E-state index is 13.1. The van der Waals surface area contributed by atoms with Crippen LogP contribution < -0.4 is 4.72 Å². The average Bonchev–Trinajstić information content (AvgIpc) is 3.34. The molecule has 2 aliphatic heterocycles. The van der Waals surface area contributed by atoms with Crippen molar-refractivity contribution in [1.29, 1.82) is 0 Å². The molecule has 13 heteroatoms. The second-order valence-corrected chi connectivity index (χ2v) is 10.0. The number of carbonyl (C=O) groups is 3. The minimum Gasteiger partial charge on any atom is -0.464 e. The molecule has 0 unspecified atom stereocenters. The number of halogens is 1. The number of aromatic nitrogens is 1. The Morgan fingerprint density at radius 2 is 1.91 bits per heavy atom. The summed E-state index contributed by atoms with van der Waals surface area (Å²) in [5.74, 6) is -0.758. The Morgan fingerprint density at radius 1 is 1.21 bits per heavy atom. The van der Waals surface area contributed by atoms with Crippen molar-refractivity contribution in [3.8, 4) is 0 Å². The van der Waals surface area contributed by atoms with E-state index in [1.54, 1.807) is 11.8 Å². The van der Waals surface area contributed by atoms with Crippen LogP contribution in [0.2, 0.25) is 5.02 Å². The zero-order valence-corrected chi connectivity index (χ0v) is 19.3. The molecular weight excluding hydrogens is 476 g/mol. The number of carbonyl (C=O) groups excluding carboxylic acids is 2. The van der Waals surface area contributed by atoms with E-state index in [9.17, 15) is 27.9 Å². The summed E-state index contributed by atoms with van der Waals surface area (Å²) in [4.78, 5) is 40.5. The summed E-state index contributed by atoms with van der Waals surface area (Å²) >= 11 is 5.95. The van der Waals surface area contributed by atoms with E-state index in [1.807, 2.05) is 0 Å². The topological polar surface area (TPSA) is 138 Å². The number of nitrogens with one attached hydrogen (secondary N) is 1. The van der Waals surface area contributed by atoms with Crippen molar-refractivity contribution in [1.82, 2.24) is 19.1 Å². The molecule has 1 aromatic carbocycles. The molecule has 178 valence electrons. The number of carboxylic acid groups (broad SMARTS) is 1. The number of hydrogen-bond donors (Lipinski definition) is 2. The summed E-state index contributed by atoms with van der Waals surface area (Å²) in [6, 6.07) is 3.65. The van der Waals surface area contributed by atoms with Crippen LogP contribution in [-0.4, -0.2) is 90.7 Å². The number of fused-ring (bicyclic) bond motifs is 1. The number of hydrogen-bond acceptors (Lipinski definition) is 6. The highest BCUT2D eigenvalue weighted by molar-refractivity contribution is 7.89. The first kappa shape index (κ1) is 23.5. The zero-order chi connectivity index (χ0) is 23.9. The molecule has 2 atom stereocenters. The molecule has 2 N–H and O–H groups in total.